The number of carbonyl (C=O) groups excluding carboxylic acids is 1. The molecule has 0 unspecified atom stereocenters. The number of anilines is 2. The summed E-state index contributed by atoms with van der Waals surface area (Å²) in [6.07, 6.45) is 2.22. The Hall–Kier alpha value is -2.46. The smallest absolute Gasteiger partial charge is 0.233 e. The summed E-state index contributed by atoms with van der Waals surface area (Å²) in [6.45, 7) is 4.09. The van der Waals surface area contributed by atoms with Gasteiger partial charge in [0.05, 0.1) is 11.4 Å². The zero-order valence-electron chi connectivity index (χ0n) is 14.6. The van der Waals surface area contributed by atoms with Gasteiger partial charge in [0.15, 0.2) is 5.13 Å². The quantitative estimate of drug-likeness (QED) is 0.603. The van der Waals surface area contributed by atoms with Crippen LogP contribution in [0.25, 0.3) is 0 Å². The maximum Gasteiger partial charge on any atom is 0.233 e. The zero-order valence-corrected chi connectivity index (χ0v) is 15.4. The molecule has 0 saturated carbocycles. The fraction of sp³-hybridized carbons (Fsp3) is 0.238. The van der Waals surface area contributed by atoms with Crippen molar-refractivity contribution in [3.8, 4) is 0 Å². The minimum absolute atomic E-state index is 0.0696. The van der Waals surface area contributed by atoms with E-state index in [0.717, 1.165) is 29.4 Å². The van der Waals surface area contributed by atoms with Gasteiger partial charge in [0.2, 0.25) is 5.91 Å². The lowest BCUT2D eigenvalue weighted by Gasteiger charge is -2.20. The number of para-hydroxylation sites is 1. The molecule has 3 nitrogen and oxygen atoms in total. The molecule has 0 bridgehead atoms. The molecule has 0 saturated heterocycles. The van der Waals surface area contributed by atoms with Crippen molar-refractivity contribution in [3.63, 3.8) is 0 Å². The Kier molecular flexibility index (Phi) is 5.61. The van der Waals surface area contributed by atoms with Gasteiger partial charge < -0.3 is 0 Å². The van der Waals surface area contributed by atoms with Crippen molar-refractivity contribution in [2.45, 2.75) is 33.1 Å². The third kappa shape index (κ3) is 4.34. The number of carbonyl (C=O) groups is 1. The second-order valence-corrected chi connectivity index (χ2v) is 6.84. The molecule has 3 aromatic rings. The number of aryl methyl sites for hydroxylation is 3. The minimum atomic E-state index is 0.0696. The van der Waals surface area contributed by atoms with E-state index in [9.17, 15) is 4.79 Å². The maximum atomic E-state index is 12.9. The number of amides is 1. The highest BCUT2D eigenvalue weighted by Crippen LogP contribution is 2.29. The van der Waals surface area contributed by atoms with Gasteiger partial charge in [0, 0.05) is 11.8 Å². The Morgan fingerprint density at radius 1 is 1.04 bits per heavy atom. The van der Waals surface area contributed by atoms with E-state index in [2.05, 4.69) is 36.2 Å². The van der Waals surface area contributed by atoms with E-state index >= 15 is 0 Å². The molecule has 1 amide bonds. The van der Waals surface area contributed by atoms with Crippen molar-refractivity contribution in [2.75, 3.05) is 4.90 Å². The van der Waals surface area contributed by atoms with E-state index in [1.165, 1.54) is 22.5 Å². The van der Waals surface area contributed by atoms with Gasteiger partial charge in [-0.1, -0.05) is 49.4 Å². The Morgan fingerprint density at radius 2 is 1.72 bits per heavy atom. The van der Waals surface area contributed by atoms with Crippen LogP contribution in [-0.2, 0) is 17.6 Å². The van der Waals surface area contributed by atoms with E-state index in [1.807, 2.05) is 42.6 Å². The fourth-order valence-corrected chi connectivity index (χ4v) is 3.53. The van der Waals surface area contributed by atoms with Gasteiger partial charge in [0.25, 0.3) is 0 Å². The number of hydrogen-bond acceptors (Lipinski definition) is 3. The molecule has 0 aliphatic rings. The Morgan fingerprint density at radius 3 is 2.32 bits per heavy atom. The summed E-state index contributed by atoms with van der Waals surface area (Å²) in [6, 6.07) is 18.2. The van der Waals surface area contributed by atoms with Gasteiger partial charge in [-0.25, -0.2) is 4.98 Å². The van der Waals surface area contributed by atoms with Crippen LogP contribution in [0.15, 0.2) is 60.0 Å². The van der Waals surface area contributed by atoms with Crippen molar-refractivity contribution in [3.05, 3.63) is 76.8 Å². The van der Waals surface area contributed by atoms with Crippen molar-refractivity contribution >= 4 is 28.1 Å². The standard InChI is InChI=1S/C21H22N2OS/c1-3-17-9-11-18(12-10-17)13-14-20(24)23(19-7-5-4-6-8-19)21-22-16(2)15-25-21/h4-12,15H,3,13-14H2,1-2H3. The number of thiazole rings is 1. The van der Waals surface area contributed by atoms with Crippen LogP contribution < -0.4 is 4.90 Å². The van der Waals surface area contributed by atoms with Crippen LogP contribution >= 0.6 is 11.3 Å². The Labute approximate surface area is 153 Å². The molecule has 0 N–H and O–H groups in total. The van der Waals surface area contributed by atoms with Crippen LogP contribution in [0.3, 0.4) is 0 Å². The van der Waals surface area contributed by atoms with Gasteiger partial charge in [-0.15, -0.1) is 11.3 Å². The molecule has 2 aromatic carbocycles. The Balaban J connectivity index is 1.77. The highest BCUT2D eigenvalue weighted by atomic mass is 32.1. The van der Waals surface area contributed by atoms with Crippen LogP contribution in [-0.4, -0.2) is 10.9 Å². The van der Waals surface area contributed by atoms with Crippen molar-refractivity contribution in [1.82, 2.24) is 4.98 Å². The second-order valence-electron chi connectivity index (χ2n) is 6.01. The van der Waals surface area contributed by atoms with E-state index in [0.29, 0.717) is 6.42 Å². The second kappa shape index (κ2) is 8.08. The highest BCUT2D eigenvalue weighted by Gasteiger charge is 2.20. The Bertz CT molecular complexity index is 825. The topological polar surface area (TPSA) is 33.2 Å². The number of hydrogen-bond donors (Lipinski definition) is 0. The molecule has 0 atom stereocenters. The number of nitrogens with zero attached hydrogens (tertiary/aromatic N) is 2. The molecule has 0 spiro atoms. The first-order chi connectivity index (χ1) is 12.2. The summed E-state index contributed by atoms with van der Waals surface area (Å²) in [7, 11) is 0. The molecule has 128 valence electrons. The summed E-state index contributed by atoms with van der Waals surface area (Å²) in [5, 5.41) is 2.71. The van der Waals surface area contributed by atoms with Crippen molar-refractivity contribution < 1.29 is 4.79 Å². The average Bonchev–Trinajstić information content (AvgIpc) is 3.07. The van der Waals surface area contributed by atoms with Gasteiger partial charge in [-0.05, 0) is 43.0 Å². The van der Waals surface area contributed by atoms with Gasteiger partial charge >= 0.3 is 0 Å². The number of benzene rings is 2. The van der Waals surface area contributed by atoms with Crippen LogP contribution in [0.4, 0.5) is 10.8 Å². The first-order valence-corrected chi connectivity index (χ1v) is 9.43. The van der Waals surface area contributed by atoms with Crippen LogP contribution in [0.1, 0.15) is 30.2 Å². The van der Waals surface area contributed by atoms with Gasteiger partial charge in [-0.2, -0.15) is 0 Å². The summed E-state index contributed by atoms with van der Waals surface area (Å²) in [5.41, 5.74) is 4.31. The summed E-state index contributed by atoms with van der Waals surface area (Å²) < 4.78 is 0. The minimum Gasteiger partial charge on any atom is -0.274 e. The van der Waals surface area contributed by atoms with Crippen LogP contribution in [0.5, 0.6) is 0 Å². The molecular weight excluding hydrogens is 328 g/mol. The van der Waals surface area contributed by atoms with Crippen LogP contribution in [0.2, 0.25) is 0 Å². The lowest BCUT2D eigenvalue weighted by Crippen LogP contribution is -2.26. The molecule has 0 aliphatic carbocycles. The SMILES string of the molecule is CCc1ccc(CCC(=O)N(c2ccccc2)c2nc(C)cs2)cc1. The van der Waals surface area contributed by atoms with Crippen molar-refractivity contribution in [2.24, 2.45) is 0 Å². The summed E-state index contributed by atoms with van der Waals surface area (Å²) >= 11 is 1.50. The predicted molar refractivity (Wildman–Crippen MR) is 105 cm³/mol. The first kappa shape index (κ1) is 17.4. The molecule has 3 rings (SSSR count). The average molecular weight is 350 g/mol. The largest absolute Gasteiger partial charge is 0.274 e. The molecule has 1 heterocycles. The molecular formula is C21H22N2OS. The molecule has 0 fully saturated rings. The summed E-state index contributed by atoms with van der Waals surface area (Å²) in [4.78, 5) is 19.2. The van der Waals surface area contributed by atoms with Crippen LogP contribution in [0, 0.1) is 6.92 Å². The molecule has 4 heteroatoms. The third-order valence-electron chi connectivity index (χ3n) is 4.12. The van der Waals surface area contributed by atoms with Gasteiger partial charge in [0.1, 0.15) is 0 Å². The van der Waals surface area contributed by atoms with Gasteiger partial charge in [-0.3, -0.25) is 9.69 Å². The van der Waals surface area contributed by atoms with Crippen molar-refractivity contribution in [1.29, 1.82) is 0 Å². The molecule has 1 aromatic heterocycles. The number of rotatable bonds is 6. The van der Waals surface area contributed by atoms with E-state index in [1.54, 1.807) is 4.90 Å². The zero-order chi connectivity index (χ0) is 17.6. The normalized spacial score (nSPS) is 10.6. The first-order valence-electron chi connectivity index (χ1n) is 8.55. The highest BCUT2D eigenvalue weighted by molar-refractivity contribution is 7.14. The molecule has 25 heavy (non-hydrogen) atoms. The third-order valence-corrected chi connectivity index (χ3v) is 5.06. The van der Waals surface area contributed by atoms with E-state index < -0.39 is 0 Å². The lowest BCUT2D eigenvalue weighted by molar-refractivity contribution is -0.117. The van der Waals surface area contributed by atoms with E-state index in [4.69, 9.17) is 0 Å². The van der Waals surface area contributed by atoms with E-state index in [-0.39, 0.29) is 5.91 Å². The molecule has 0 aliphatic heterocycles. The monoisotopic (exact) mass is 350 g/mol. The lowest BCUT2D eigenvalue weighted by atomic mass is 10.1. The molecule has 0 radical (unpaired) electrons. The summed E-state index contributed by atoms with van der Waals surface area (Å²) in [5.74, 6) is 0.0696. The number of aromatic nitrogens is 1. The predicted octanol–water partition coefficient (Wildman–Crippen LogP) is 5.31. The fourth-order valence-electron chi connectivity index (χ4n) is 2.69. The maximum absolute atomic E-state index is 12.9.